The van der Waals surface area contributed by atoms with Crippen LogP contribution in [0.25, 0.3) is 0 Å². The third kappa shape index (κ3) is 2.31. The Kier molecular flexibility index (Phi) is 3.36. The summed E-state index contributed by atoms with van der Waals surface area (Å²) < 4.78 is 26.5. The average molecular weight is 228 g/mol. The summed E-state index contributed by atoms with van der Waals surface area (Å²) >= 11 is 0. The molecule has 0 amide bonds. The zero-order valence-electron chi connectivity index (χ0n) is 8.84. The van der Waals surface area contributed by atoms with Crippen molar-refractivity contribution in [2.24, 2.45) is 0 Å². The van der Waals surface area contributed by atoms with Gasteiger partial charge in [-0.25, -0.2) is 8.78 Å². The van der Waals surface area contributed by atoms with Gasteiger partial charge in [-0.05, 0) is 12.1 Å². The zero-order chi connectivity index (χ0) is 11.5. The van der Waals surface area contributed by atoms with Gasteiger partial charge in [-0.15, -0.1) is 0 Å². The SMILES string of the molecule is Oc1c(F)ccc(F)c1CN1CCNCC1. The van der Waals surface area contributed by atoms with Crippen LogP contribution in [-0.4, -0.2) is 36.2 Å². The van der Waals surface area contributed by atoms with E-state index >= 15 is 0 Å². The lowest BCUT2D eigenvalue weighted by molar-refractivity contribution is 0.226. The first-order chi connectivity index (χ1) is 7.68. The third-order valence-electron chi connectivity index (χ3n) is 2.77. The number of hydrogen-bond donors (Lipinski definition) is 2. The molecule has 0 atom stereocenters. The van der Waals surface area contributed by atoms with E-state index in [2.05, 4.69) is 5.32 Å². The van der Waals surface area contributed by atoms with Crippen molar-refractivity contribution in [2.75, 3.05) is 26.2 Å². The molecule has 1 aromatic carbocycles. The molecule has 0 spiro atoms. The lowest BCUT2D eigenvalue weighted by Crippen LogP contribution is -2.43. The Balaban J connectivity index is 2.16. The van der Waals surface area contributed by atoms with Gasteiger partial charge in [0, 0.05) is 38.3 Å². The summed E-state index contributed by atoms with van der Waals surface area (Å²) in [5, 5.41) is 12.6. The number of halogens is 2. The second kappa shape index (κ2) is 4.76. The monoisotopic (exact) mass is 228 g/mol. The second-order valence-corrected chi connectivity index (χ2v) is 3.88. The molecule has 0 saturated carbocycles. The van der Waals surface area contributed by atoms with E-state index in [4.69, 9.17) is 0 Å². The summed E-state index contributed by atoms with van der Waals surface area (Å²) in [6.45, 7) is 3.46. The predicted molar refractivity (Wildman–Crippen MR) is 56.2 cm³/mol. The molecule has 0 aliphatic carbocycles. The molecule has 0 aromatic heterocycles. The molecule has 1 saturated heterocycles. The highest BCUT2D eigenvalue weighted by atomic mass is 19.1. The predicted octanol–water partition coefficient (Wildman–Crippen LogP) is 1.08. The van der Waals surface area contributed by atoms with Gasteiger partial charge in [0.05, 0.1) is 0 Å². The minimum absolute atomic E-state index is 0.0434. The van der Waals surface area contributed by atoms with Crippen molar-refractivity contribution in [1.29, 1.82) is 0 Å². The Hall–Kier alpha value is -1.20. The van der Waals surface area contributed by atoms with Crippen LogP contribution in [0.15, 0.2) is 12.1 Å². The van der Waals surface area contributed by atoms with Gasteiger partial charge in [-0.1, -0.05) is 0 Å². The number of rotatable bonds is 2. The molecule has 16 heavy (non-hydrogen) atoms. The highest BCUT2D eigenvalue weighted by Gasteiger charge is 2.17. The van der Waals surface area contributed by atoms with E-state index in [-0.39, 0.29) is 12.1 Å². The van der Waals surface area contributed by atoms with E-state index in [1.54, 1.807) is 0 Å². The van der Waals surface area contributed by atoms with E-state index < -0.39 is 17.4 Å². The van der Waals surface area contributed by atoms with Crippen molar-refractivity contribution in [1.82, 2.24) is 10.2 Å². The maximum absolute atomic E-state index is 13.4. The summed E-state index contributed by atoms with van der Waals surface area (Å²) in [4.78, 5) is 1.98. The first-order valence-corrected chi connectivity index (χ1v) is 5.27. The van der Waals surface area contributed by atoms with E-state index in [0.29, 0.717) is 0 Å². The number of nitrogens with zero attached hydrogens (tertiary/aromatic N) is 1. The van der Waals surface area contributed by atoms with Gasteiger partial charge in [0.2, 0.25) is 0 Å². The van der Waals surface area contributed by atoms with Gasteiger partial charge < -0.3 is 10.4 Å². The van der Waals surface area contributed by atoms with Crippen LogP contribution in [0, 0.1) is 11.6 Å². The summed E-state index contributed by atoms with van der Waals surface area (Å²) in [5.41, 5.74) is 0.0434. The topological polar surface area (TPSA) is 35.5 Å². The molecule has 1 fully saturated rings. The lowest BCUT2D eigenvalue weighted by atomic mass is 10.1. The van der Waals surface area contributed by atoms with Crippen LogP contribution in [0.5, 0.6) is 5.75 Å². The molecule has 1 heterocycles. The van der Waals surface area contributed by atoms with Crippen LogP contribution in [-0.2, 0) is 6.54 Å². The molecule has 0 radical (unpaired) electrons. The van der Waals surface area contributed by atoms with Gasteiger partial charge in [0.15, 0.2) is 11.6 Å². The largest absolute Gasteiger partial charge is 0.505 e. The van der Waals surface area contributed by atoms with Crippen LogP contribution in [0.3, 0.4) is 0 Å². The van der Waals surface area contributed by atoms with Crippen LogP contribution in [0.4, 0.5) is 8.78 Å². The van der Waals surface area contributed by atoms with Gasteiger partial charge in [-0.2, -0.15) is 0 Å². The third-order valence-corrected chi connectivity index (χ3v) is 2.77. The van der Waals surface area contributed by atoms with Gasteiger partial charge in [0.1, 0.15) is 5.82 Å². The van der Waals surface area contributed by atoms with Crippen molar-refractivity contribution in [3.63, 3.8) is 0 Å². The fraction of sp³-hybridized carbons (Fsp3) is 0.455. The molecule has 3 nitrogen and oxygen atoms in total. The quantitative estimate of drug-likeness (QED) is 0.795. The highest BCUT2D eigenvalue weighted by Crippen LogP contribution is 2.25. The summed E-state index contributed by atoms with van der Waals surface area (Å²) in [6, 6.07) is 1.98. The summed E-state index contributed by atoms with van der Waals surface area (Å²) in [7, 11) is 0. The number of benzene rings is 1. The van der Waals surface area contributed by atoms with E-state index in [1.807, 2.05) is 4.90 Å². The normalized spacial score (nSPS) is 17.6. The molecular weight excluding hydrogens is 214 g/mol. The minimum Gasteiger partial charge on any atom is -0.505 e. The fourth-order valence-corrected chi connectivity index (χ4v) is 1.83. The Morgan fingerprint density at radius 1 is 1.19 bits per heavy atom. The van der Waals surface area contributed by atoms with Crippen LogP contribution in [0.2, 0.25) is 0 Å². The first-order valence-electron chi connectivity index (χ1n) is 5.27. The van der Waals surface area contributed by atoms with Gasteiger partial charge in [0.25, 0.3) is 0 Å². The van der Waals surface area contributed by atoms with Crippen molar-refractivity contribution in [3.8, 4) is 5.75 Å². The van der Waals surface area contributed by atoms with Gasteiger partial charge in [-0.3, -0.25) is 4.90 Å². The van der Waals surface area contributed by atoms with Crippen LogP contribution < -0.4 is 5.32 Å². The van der Waals surface area contributed by atoms with Crippen molar-refractivity contribution >= 4 is 0 Å². The molecule has 5 heteroatoms. The smallest absolute Gasteiger partial charge is 0.165 e. The van der Waals surface area contributed by atoms with E-state index in [9.17, 15) is 13.9 Å². The molecule has 0 unspecified atom stereocenters. The lowest BCUT2D eigenvalue weighted by Gasteiger charge is -2.27. The van der Waals surface area contributed by atoms with E-state index in [1.165, 1.54) is 0 Å². The molecule has 1 aliphatic heterocycles. The van der Waals surface area contributed by atoms with Crippen molar-refractivity contribution in [2.45, 2.75) is 6.54 Å². The maximum atomic E-state index is 13.4. The number of aromatic hydroxyl groups is 1. The van der Waals surface area contributed by atoms with E-state index in [0.717, 1.165) is 38.3 Å². The Bertz CT molecular complexity index is 378. The second-order valence-electron chi connectivity index (χ2n) is 3.88. The number of phenolic OH excluding ortho intramolecular Hbond substituents is 1. The highest BCUT2D eigenvalue weighted by molar-refractivity contribution is 5.34. The Morgan fingerprint density at radius 3 is 2.50 bits per heavy atom. The Morgan fingerprint density at radius 2 is 1.81 bits per heavy atom. The molecular formula is C11H14F2N2O. The molecule has 0 bridgehead atoms. The number of nitrogens with one attached hydrogen (secondary N) is 1. The Labute approximate surface area is 92.7 Å². The van der Waals surface area contributed by atoms with Crippen molar-refractivity contribution in [3.05, 3.63) is 29.3 Å². The molecule has 1 aromatic rings. The molecule has 88 valence electrons. The average Bonchev–Trinajstić information content (AvgIpc) is 2.31. The van der Waals surface area contributed by atoms with Crippen molar-refractivity contribution < 1.29 is 13.9 Å². The fourth-order valence-electron chi connectivity index (χ4n) is 1.83. The summed E-state index contributed by atoms with van der Waals surface area (Å²) in [5.74, 6) is -1.90. The maximum Gasteiger partial charge on any atom is 0.165 e. The first kappa shape index (κ1) is 11.3. The zero-order valence-corrected chi connectivity index (χ0v) is 8.84. The summed E-state index contributed by atoms with van der Waals surface area (Å²) in [6.07, 6.45) is 0. The number of phenols is 1. The molecule has 1 aliphatic rings. The van der Waals surface area contributed by atoms with Gasteiger partial charge >= 0.3 is 0 Å². The molecule has 2 N–H and O–H groups in total. The van der Waals surface area contributed by atoms with Crippen LogP contribution in [0.1, 0.15) is 5.56 Å². The van der Waals surface area contributed by atoms with Crippen LogP contribution >= 0.6 is 0 Å². The minimum atomic E-state index is -0.772. The number of piperazine rings is 1. The number of hydrogen-bond acceptors (Lipinski definition) is 3. The molecule has 2 rings (SSSR count). The standard InChI is InChI=1S/C11H14F2N2O/c12-9-1-2-10(13)11(16)8(9)7-15-5-3-14-4-6-15/h1-2,14,16H,3-7H2.